The summed E-state index contributed by atoms with van der Waals surface area (Å²) in [7, 11) is 0. The number of fused-ring (bicyclic) bond motifs is 1. The first-order valence-corrected chi connectivity index (χ1v) is 6.12. The summed E-state index contributed by atoms with van der Waals surface area (Å²) in [5.41, 5.74) is 7.07. The number of nitrogens with two attached hydrogens (primary N) is 1. The number of hydrogen-bond acceptors (Lipinski definition) is 4. The third-order valence-corrected chi connectivity index (χ3v) is 2.95. The van der Waals surface area contributed by atoms with Crippen LogP contribution in [0, 0.1) is 0 Å². The van der Waals surface area contributed by atoms with Crippen LogP contribution in [0.15, 0.2) is 18.2 Å². The Morgan fingerprint density at radius 3 is 2.95 bits per heavy atom. The van der Waals surface area contributed by atoms with Crippen molar-refractivity contribution >= 4 is 17.6 Å². The zero-order chi connectivity index (χ0) is 13.8. The van der Waals surface area contributed by atoms with Crippen molar-refractivity contribution in [3.05, 3.63) is 23.8 Å². The Morgan fingerprint density at radius 2 is 2.26 bits per heavy atom. The maximum absolute atomic E-state index is 11.2. The second-order valence-electron chi connectivity index (χ2n) is 4.39. The minimum absolute atomic E-state index is 0.00675. The van der Waals surface area contributed by atoms with E-state index in [-0.39, 0.29) is 18.9 Å². The number of rotatable bonds is 5. The van der Waals surface area contributed by atoms with E-state index in [0.717, 1.165) is 11.3 Å². The quantitative estimate of drug-likeness (QED) is 0.728. The molecule has 0 aliphatic carbocycles. The average Bonchev–Trinajstić information content (AvgIpc) is 2.38. The van der Waals surface area contributed by atoms with Gasteiger partial charge in [0.05, 0.1) is 0 Å². The highest BCUT2D eigenvalue weighted by Gasteiger charge is 2.20. The molecule has 0 spiro atoms. The molecule has 1 heterocycles. The van der Waals surface area contributed by atoms with E-state index >= 15 is 0 Å². The van der Waals surface area contributed by atoms with Crippen LogP contribution in [0.1, 0.15) is 18.4 Å². The summed E-state index contributed by atoms with van der Waals surface area (Å²) in [6.45, 7) is 0.248. The van der Waals surface area contributed by atoms with Gasteiger partial charge in [0.15, 0.2) is 6.10 Å². The molecule has 102 valence electrons. The topological polar surface area (TPSA) is 102 Å². The van der Waals surface area contributed by atoms with E-state index in [0.29, 0.717) is 18.6 Å². The molecule has 1 aliphatic rings. The summed E-state index contributed by atoms with van der Waals surface area (Å²) in [6.07, 6.45) is 0.374. The number of ether oxygens (including phenoxy) is 1. The van der Waals surface area contributed by atoms with E-state index in [4.69, 9.17) is 15.6 Å². The van der Waals surface area contributed by atoms with Gasteiger partial charge in [-0.1, -0.05) is 0 Å². The normalized spacial score (nSPS) is 15.3. The summed E-state index contributed by atoms with van der Waals surface area (Å²) in [5, 5.41) is 11.8. The first-order chi connectivity index (χ1) is 9.10. The van der Waals surface area contributed by atoms with Crippen molar-refractivity contribution in [3.63, 3.8) is 0 Å². The van der Waals surface area contributed by atoms with E-state index in [1.54, 1.807) is 18.2 Å². The van der Waals surface area contributed by atoms with E-state index < -0.39 is 12.1 Å². The van der Waals surface area contributed by atoms with Crippen LogP contribution in [0.3, 0.4) is 0 Å². The zero-order valence-electron chi connectivity index (χ0n) is 10.4. The lowest BCUT2D eigenvalue weighted by Crippen LogP contribution is -2.29. The molecule has 1 unspecified atom stereocenters. The van der Waals surface area contributed by atoms with Gasteiger partial charge in [-0.25, -0.2) is 4.79 Å². The fourth-order valence-electron chi connectivity index (χ4n) is 1.98. The third-order valence-electron chi connectivity index (χ3n) is 2.95. The molecule has 6 heteroatoms. The van der Waals surface area contributed by atoms with Gasteiger partial charge in [-0.15, -0.1) is 0 Å². The molecule has 0 radical (unpaired) electrons. The average molecular weight is 264 g/mol. The number of carboxylic acids is 1. The van der Waals surface area contributed by atoms with Crippen molar-refractivity contribution in [2.75, 3.05) is 11.9 Å². The summed E-state index contributed by atoms with van der Waals surface area (Å²) in [4.78, 5) is 22.2. The SMILES string of the molecule is NCCC(Oc1ccc2c(c1)CCC(=O)N2)C(=O)O. The lowest BCUT2D eigenvalue weighted by atomic mass is 10.0. The van der Waals surface area contributed by atoms with Gasteiger partial charge >= 0.3 is 5.97 Å². The molecule has 0 aromatic heterocycles. The van der Waals surface area contributed by atoms with Crippen LogP contribution >= 0.6 is 0 Å². The van der Waals surface area contributed by atoms with Crippen molar-refractivity contribution in [2.45, 2.75) is 25.4 Å². The van der Waals surface area contributed by atoms with Crippen molar-refractivity contribution in [3.8, 4) is 5.75 Å². The number of nitrogens with one attached hydrogen (secondary N) is 1. The smallest absolute Gasteiger partial charge is 0.344 e. The van der Waals surface area contributed by atoms with Crippen LogP contribution in [0.4, 0.5) is 5.69 Å². The minimum atomic E-state index is -1.03. The lowest BCUT2D eigenvalue weighted by molar-refractivity contribution is -0.145. The van der Waals surface area contributed by atoms with Gasteiger partial charge in [-0.3, -0.25) is 4.79 Å². The van der Waals surface area contributed by atoms with Gasteiger partial charge in [0, 0.05) is 18.5 Å². The van der Waals surface area contributed by atoms with Crippen molar-refractivity contribution in [2.24, 2.45) is 5.73 Å². The zero-order valence-corrected chi connectivity index (χ0v) is 10.4. The van der Waals surface area contributed by atoms with Crippen LogP contribution < -0.4 is 15.8 Å². The van der Waals surface area contributed by atoms with Crippen LogP contribution in [0.25, 0.3) is 0 Å². The molecule has 0 fully saturated rings. The Kier molecular flexibility index (Phi) is 4.01. The first-order valence-electron chi connectivity index (χ1n) is 6.12. The van der Waals surface area contributed by atoms with Crippen LogP contribution in [-0.2, 0) is 16.0 Å². The monoisotopic (exact) mass is 264 g/mol. The van der Waals surface area contributed by atoms with Crippen LogP contribution in [-0.4, -0.2) is 29.6 Å². The first kappa shape index (κ1) is 13.4. The number of carboxylic acid groups (broad SMARTS) is 1. The Bertz CT molecular complexity index is 501. The number of carbonyl (C=O) groups is 2. The molecule has 4 N–H and O–H groups in total. The van der Waals surface area contributed by atoms with Gasteiger partial charge in [-0.2, -0.15) is 0 Å². The molecule has 6 nitrogen and oxygen atoms in total. The second-order valence-corrected chi connectivity index (χ2v) is 4.39. The predicted molar refractivity (Wildman–Crippen MR) is 69.1 cm³/mol. The predicted octanol–water partition coefficient (Wildman–Crippen LogP) is 0.752. The fraction of sp³-hybridized carbons (Fsp3) is 0.385. The fourth-order valence-corrected chi connectivity index (χ4v) is 1.98. The molecule has 2 rings (SSSR count). The third kappa shape index (κ3) is 3.23. The number of aliphatic carboxylic acids is 1. The highest BCUT2D eigenvalue weighted by atomic mass is 16.5. The van der Waals surface area contributed by atoms with Gasteiger partial charge < -0.3 is 20.9 Å². The highest BCUT2D eigenvalue weighted by Crippen LogP contribution is 2.27. The maximum Gasteiger partial charge on any atom is 0.344 e. The molecule has 0 saturated carbocycles. The van der Waals surface area contributed by atoms with E-state index in [1.807, 2.05) is 0 Å². The Labute approximate surface area is 110 Å². The molecule has 0 saturated heterocycles. The lowest BCUT2D eigenvalue weighted by Gasteiger charge is -2.19. The largest absolute Gasteiger partial charge is 0.479 e. The number of hydrogen-bond donors (Lipinski definition) is 3. The number of benzene rings is 1. The van der Waals surface area contributed by atoms with Gasteiger partial charge in [-0.05, 0) is 36.7 Å². The van der Waals surface area contributed by atoms with Crippen LogP contribution in [0.2, 0.25) is 0 Å². The van der Waals surface area contributed by atoms with Gasteiger partial charge in [0.2, 0.25) is 5.91 Å². The van der Waals surface area contributed by atoms with Crippen LogP contribution in [0.5, 0.6) is 5.75 Å². The molecule has 1 aromatic carbocycles. The molecule has 1 atom stereocenters. The van der Waals surface area contributed by atoms with E-state index in [1.165, 1.54) is 0 Å². The Balaban J connectivity index is 2.13. The number of anilines is 1. The molecule has 19 heavy (non-hydrogen) atoms. The van der Waals surface area contributed by atoms with Crippen molar-refractivity contribution in [1.82, 2.24) is 0 Å². The number of aryl methyl sites for hydroxylation is 1. The second kappa shape index (κ2) is 5.71. The van der Waals surface area contributed by atoms with Crippen molar-refractivity contribution in [1.29, 1.82) is 0 Å². The van der Waals surface area contributed by atoms with Gasteiger partial charge in [0.25, 0.3) is 0 Å². The molecule has 0 bridgehead atoms. The standard InChI is InChI=1S/C13H16N2O4/c14-6-5-11(13(17)18)19-9-2-3-10-8(7-9)1-4-12(16)15-10/h2-3,7,11H,1,4-6,14H2,(H,15,16)(H,17,18). The van der Waals surface area contributed by atoms with Crippen molar-refractivity contribution < 1.29 is 19.4 Å². The summed E-state index contributed by atoms with van der Waals surface area (Å²) in [6, 6.07) is 5.14. The van der Waals surface area contributed by atoms with Gasteiger partial charge in [0.1, 0.15) is 5.75 Å². The summed E-state index contributed by atoms with van der Waals surface area (Å²) < 4.78 is 5.42. The summed E-state index contributed by atoms with van der Waals surface area (Å²) in [5.74, 6) is -0.556. The van der Waals surface area contributed by atoms with E-state index in [2.05, 4.69) is 5.32 Å². The molecular weight excluding hydrogens is 248 g/mol. The molecule has 1 aromatic rings. The Hall–Kier alpha value is -2.08. The number of amides is 1. The van der Waals surface area contributed by atoms with E-state index in [9.17, 15) is 9.59 Å². The maximum atomic E-state index is 11.2. The molecular formula is C13H16N2O4. The summed E-state index contributed by atoms with van der Waals surface area (Å²) >= 11 is 0. The molecule has 1 amide bonds. The molecule has 1 aliphatic heterocycles. The Morgan fingerprint density at radius 1 is 1.47 bits per heavy atom. The number of carbonyl (C=O) groups excluding carboxylic acids is 1. The minimum Gasteiger partial charge on any atom is -0.479 e. The highest BCUT2D eigenvalue weighted by molar-refractivity contribution is 5.94.